The lowest BCUT2D eigenvalue weighted by molar-refractivity contribution is -0.136. The van der Waals surface area contributed by atoms with E-state index in [9.17, 15) is 18.0 Å². The van der Waals surface area contributed by atoms with Gasteiger partial charge in [-0.05, 0) is 45.7 Å². The van der Waals surface area contributed by atoms with E-state index in [1.807, 2.05) is 6.92 Å². The number of halogens is 3. The minimum atomic E-state index is -4.56. The van der Waals surface area contributed by atoms with Gasteiger partial charge in [-0.25, -0.2) is 4.79 Å². The Bertz CT molecular complexity index is 911. The summed E-state index contributed by atoms with van der Waals surface area (Å²) in [6.07, 6.45) is -2.08. The number of benzene rings is 1. The Labute approximate surface area is 167 Å². The number of carbonyl (C=O) groups excluding carboxylic acids is 1. The average Bonchev–Trinajstić information content (AvgIpc) is 2.58. The molecule has 1 aliphatic heterocycles. The fourth-order valence-corrected chi connectivity index (χ4v) is 3.81. The van der Waals surface area contributed by atoms with Gasteiger partial charge in [-0.15, -0.1) is 0 Å². The molecule has 2 heterocycles. The predicted molar refractivity (Wildman–Crippen MR) is 102 cm³/mol. The van der Waals surface area contributed by atoms with Crippen LogP contribution < -0.4 is 10.6 Å². The predicted octanol–water partition coefficient (Wildman–Crippen LogP) is 4.00. The third-order valence-electron chi connectivity index (χ3n) is 4.80. The summed E-state index contributed by atoms with van der Waals surface area (Å²) < 4.78 is 45.8. The highest BCUT2D eigenvalue weighted by atomic mass is 19.4. The van der Waals surface area contributed by atoms with Gasteiger partial charge in [0.05, 0.1) is 16.6 Å². The number of amides is 1. The molecule has 0 radical (unpaired) electrons. The Kier molecular flexibility index (Phi) is 5.46. The van der Waals surface area contributed by atoms with E-state index in [0.717, 1.165) is 12.6 Å². The lowest BCUT2D eigenvalue weighted by Crippen LogP contribution is -2.58. The van der Waals surface area contributed by atoms with Crippen LogP contribution in [0.25, 0.3) is 11.0 Å². The first-order valence-corrected chi connectivity index (χ1v) is 9.45. The van der Waals surface area contributed by atoms with Gasteiger partial charge >= 0.3 is 12.3 Å². The van der Waals surface area contributed by atoms with E-state index in [4.69, 9.17) is 4.74 Å². The number of hydrogen-bond donors (Lipinski definition) is 2. The number of rotatable bonds is 2. The molecule has 0 saturated carbocycles. The Balaban J connectivity index is 2.14. The summed E-state index contributed by atoms with van der Waals surface area (Å²) in [4.78, 5) is 20.7. The fourth-order valence-electron chi connectivity index (χ4n) is 3.81. The largest absolute Gasteiger partial charge is 0.444 e. The van der Waals surface area contributed by atoms with Crippen molar-refractivity contribution in [2.75, 3.05) is 13.1 Å². The molecule has 1 aromatic heterocycles. The van der Waals surface area contributed by atoms with Crippen molar-refractivity contribution in [3.8, 4) is 0 Å². The van der Waals surface area contributed by atoms with Crippen LogP contribution in [0, 0.1) is 5.92 Å². The standard InChI is InChI=1S/C20H25F3N4O2/c1-12-9-19(11-24-10-12,27-17(28)29-18(2,3)4)13-5-6-14(20(21,22)23)16-15(13)25-7-8-26-16/h5-8,12,24H,9-11H2,1-4H3,(H,27,28)/t12-,19-/m0/s1. The van der Waals surface area contributed by atoms with Crippen LogP contribution in [0.1, 0.15) is 45.2 Å². The maximum atomic E-state index is 13.5. The van der Waals surface area contributed by atoms with Gasteiger partial charge in [0.2, 0.25) is 0 Å². The summed E-state index contributed by atoms with van der Waals surface area (Å²) >= 11 is 0. The van der Waals surface area contributed by atoms with Crippen molar-refractivity contribution >= 4 is 17.1 Å². The molecule has 158 valence electrons. The van der Waals surface area contributed by atoms with E-state index in [1.165, 1.54) is 18.5 Å². The molecule has 6 nitrogen and oxygen atoms in total. The molecule has 29 heavy (non-hydrogen) atoms. The molecule has 2 N–H and O–H groups in total. The summed E-state index contributed by atoms with van der Waals surface area (Å²) in [6.45, 7) is 8.34. The number of alkyl halides is 3. The van der Waals surface area contributed by atoms with Gasteiger partial charge in [0.15, 0.2) is 0 Å². The van der Waals surface area contributed by atoms with Crippen molar-refractivity contribution in [3.05, 3.63) is 35.7 Å². The summed E-state index contributed by atoms with van der Waals surface area (Å²) in [5, 5.41) is 6.17. The monoisotopic (exact) mass is 410 g/mol. The van der Waals surface area contributed by atoms with Crippen molar-refractivity contribution in [2.45, 2.75) is 51.4 Å². The highest BCUT2D eigenvalue weighted by Crippen LogP contribution is 2.39. The van der Waals surface area contributed by atoms with E-state index in [0.29, 0.717) is 18.5 Å². The van der Waals surface area contributed by atoms with Crippen LogP contribution in [0.4, 0.5) is 18.0 Å². The van der Waals surface area contributed by atoms with E-state index >= 15 is 0 Å². The lowest BCUT2D eigenvalue weighted by atomic mass is 9.78. The number of ether oxygens (including phenoxy) is 1. The van der Waals surface area contributed by atoms with Crippen molar-refractivity contribution in [2.24, 2.45) is 5.92 Å². The Morgan fingerprint density at radius 2 is 1.86 bits per heavy atom. The van der Waals surface area contributed by atoms with E-state index in [2.05, 4.69) is 20.6 Å². The highest BCUT2D eigenvalue weighted by Gasteiger charge is 2.42. The minimum Gasteiger partial charge on any atom is -0.444 e. The SMILES string of the molecule is C[C@@H]1CNC[C@](NC(=O)OC(C)(C)C)(c2ccc(C(F)(F)F)c3nccnc23)C1. The number of fused-ring (bicyclic) bond motifs is 1. The van der Waals surface area contributed by atoms with Gasteiger partial charge < -0.3 is 15.4 Å². The molecule has 0 unspecified atom stereocenters. The molecule has 1 saturated heterocycles. The van der Waals surface area contributed by atoms with Crippen LogP contribution in [0.15, 0.2) is 24.5 Å². The van der Waals surface area contributed by atoms with Crippen molar-refractivity contribution in [1.82, 2.24) is 20.6 Å². The van der Waals surface area contributed by atoms with Crippen LogP contribution in [-0.4, -0.2) is 34.8 Å². The first kappa shape index (κ1) is 21.3. The van der Waals surface area contributed by atoms with Crippen LogP contribution in [-0.2, 0) is 16.5 Å². The maximum absolute atomic E-state index is 13.5. The molecular formula is C20H25F3N4O2. The maximum Gasteiger partial charge on any atom is 0.418 e. The van der Waals surface area contributed by atoms with Crippen LogP contribution in [0.3, 0.4) is 0 Å². The van der Waals surface area contributed by atoms with Gasteiger partial charge in [-0.3, -0.25) is 9.97 Å². The Morgan fingerprint density at radius 3 is 2.45 bits per heavy atom. The molecule has 1 amide bonds. The first-order valence-electron chi connectivity index (χ1n) is 9.45. The van der Waals surface area contributed by atoms with Gasteiger partial charge in [-0.1, -0.05) is 13.0 Å². The Hall–Kier alpha value is -2.42. The third kappa shape index (κ3) is 4.60. The van der Waals surface area contributed by atoms with Crippen LogP contribution >= 0.6 is 0 Å². The van der Waals surface area contributed by atoms with E-state index < -0.39 is 29.0 Å². The fraction of sp³-hybridized carbons (Fsp3) is 0.550. The summed E-state index contributed by atoms with van der Waals surface area (Å²) in [7, 11) is 0. The molecular weight excluding hydrogens is 385 g/mol. The molecule has 0 spiro atoms. The molecule has 2 aromatic rings. The van der Waals surface area contributed by atoms with Gasteiger partial charge in [0.25, 0.3) is 0 Å². The number of nitrogens with one attached hydrogen (secondary N) is 2. The zero-order valence-electron chi connectivity index (χ0n) is 16.9. The Morgan fingerprint density at radius 1 is 1.21 bits per heavy atom. The molecule has 2 atom stereocenters. The number of nitrogens with zero attached hydrogens (tertiary/aromatic N) is 2. The van der Waals surface area contributed by atoms with Gasteiger partial charge in [0.1, 0.15) is 11.1 Å². The lowest BCUT2D eigenvalue weighted by Gasteiger charge is -2.42. The second-order valence-electron chi connectivity index (χ2n) is 8.56. The minimum absolute atomic E-state index is 0.120. The number of carbonyl (C=O) groups is 1. The zero-order chi connectivity index (χ0) is 21.4. The summed E-state index contributed by atoms with van der Waals surface area (Å²) in [5.41, 5.74) is -2.16. The molecule has 1 aliphatic rings. The molecule has 9 heteroatoms. The molecule has 0 bridgehead atoms. The quantitative estimate of drug-likeness (QED) is 0.783. The van der Waals surface area contributed by atoms with E-state index in [1.54, 1.807) is 20.8 Å². The smallest absolute Gasteiger partial charge is 0.418 e. The second-order valence-corrected chi connectivity index (χ2v) is 8.56. The normalized spacial score (nSPS) is 23.1. The van der Waals surface area contributed by atoms with Crippen LogP contribution in [0.5, 0.6) is 0 Å². The third-order valence-corrected chi connectivity index (χ3v) is 4.80. The number of aromatic nitrogens is 2. The number of hydrogen-bond acceptors (Lipinski definition) is 5. The van der Waals surface area contributed by atoms with Crippen molar-refractivity contribution < 1.29 is 22.7 Å². The molecule has 1 fully saturated rings. The molecule has 0 aliphatic carbocycles. The van der Waals surface area contributed by atoms with Gasteiger partial charge in [0, 0.05) is 24.5 Å². The highest BCUT2D eigenvalue weighted by molar-refractivity contribution is 5.83. The zero-order valence-corrected chi connectivity index (χ0v) is 16.9. The van der Waals surface area contributed by atoms with Gasteiger partial charge in [-0.2, -0.15) is 13.2 Å². The first-order chi connectivity index (χ1) is 13.4. The molecule has 1 aromatic carbocycles. The average molecular weight is 410 g/mol. The molecule has 3 rings (SSSR count). The number of piperidine rings is 1. The summed E-state index contributed by atoms with van der Waals surface area (Å²) in [6, 6.07) is 2.39. The second kappa shape index (κ2) is 7.44. The number of alkyl carbamates (subject to hydrolysis) is 1. The van der Waals surface area contributed by atoms with Crippen molar-refractivity contribution in [1.29, 1.82) is 0 Å². The van der Waals surface area contributed by atoms with Crippen molar-refractivity contribution in [3.63, 3.8) is 0 Å². The van der Waals surface area contributed by atoms with E-state index in [-0.39, 0.29) is 17.0 Å². The summed E-state index contributed by atoms with van der Waals surface area (Å²) in [5.74, 6) is 0.174. The van der Waals surface area contributed by atoms with Crippen LogP contribution in [0.2, 0.25) is 0 Å². The topological polar surface area (TPSA) is 76.1 Å².